The summed E-state index contributed by atoms with van der Waals surface area (Å²) in [6, 6.07) is 17.6. The number of ether oxygens (including phenoxy) is 1. The highest BCUT2D eigenvalue weighted by molar-refractivity contribution is 7.14. The van der Waals surface area contributed by atoms with Crippen LogP contribution in [0.5, 0.6) is 5.75 Å². The average molecular weight is 768 g/mol. The molecule has 1 saturated heterocycles. The van der Waals surface area contributed by atoms with Crippen LogP contribution in [0.1, 0.15) is 99.2 Å². The summed E-state index contributed by atoms with van der Waals surface area (Å²) in [7, 11) is 0. The first-order valence-corrected chi connectivity index (χ1v) is 20.1. The third-order valence-corrected chi connectivity index (χ3v) is 11.2. The Balaban J connectivity index is 1.26. The molecule has 3 heterocycles. The largest absolute Gasteiger partial charge is 0.494 e. The Morgan fingerprint density at radius 1 is 0.909 bits per heavy atom. The number of hydrogen-bond acceptors (Lipinski definition) is 8. The topological polar surface area (TPSA) is 151 Å². The average Bonchev–Trinajstić information content (AvgIpc) is 3.88. The molecule has 2 aromatic heterocycles. The maximum absolute atomic E-state index is 14.1. The molecule has 55 heavy (non-hydrogen) atoms. The van der Waals surface area contributed by atoms with Crippen molar-refractivity contribution < 1.29 is 29.0 Å². The van der Waals surface area contributed by atoms with Crippen LogP contribution >= 0.6 is 11.3 Å². The molecule has 5 rings (SSSR count). The summed E-state index contributed by atoms with van der Waals surface area (Å²) < 4.78 is 5.91. The molecule has 0 unspecified atom stereocenters. The summed E-state index contributed by atoms with van der Waals surface area (Å²) in [6.07, 6.45) is 10.6. The van der Waals surface area contributed by atoms with Gasteiger partial charge in [0.25, 0.3) is 5.91 Å². The maximum Gasteiger partial charge on any atom is 0.305 e. The Hall–Kier alpha value is -5.10. The molecule has 4 aromatic rings. The number of carboxylic acid groups (broad SMARTS) is 1. The van der Waals surface area contributed by atoms with Gasteiger partial charge in [0.2, 0.25) is 11.8 Å². The van der Waals surface area contributed by atoms with Crippen molar-refractivity contribution in [2.45, 2.75) is 103 Å². The molecule has 1 fully saturated rings. The van der Waals surface area contributed by atoms with E-state index < -0.39 is 24.0 Å². The van der Waals surface area contributed by atoms with Crippen molar-refractivity contribution in [3.8, 4) is 28.3 Å². The van der Waals surface area contributed by atoms with E-state index in [0.717, 1.165) is 39.3 Å². The molecular weight excluding hydrogens is 715 g/mol. The van der Waals surface area contributed by atoms with Crippen molar-refractivity contribution >= 4 is 35.0 Å². The number of carbonyl (C=O) groups excluding carboxylic acids is 3. The van der Waals surface area contributed by atoms with E-state index in [9.17, 15) is 19.2 Å². The minimum atomic E-state index is -1.02. The number of aromatic nitrogens is 2. The van der Waals surface area contributed by atoms with Crippen LogP contribution in [0.4, 0.5) is 0 Å². The summed E-state index contributed by atoms with van der Waals surface area (Å²) >= 11 is 1.39. The predicted octanol–water partition coefficient (Wildman–Crippen LogP) is 7.44. The van der Waals surface area contributed by atoms with Gasteiger partial charge in [0, 0.05) is 47.9 Å². The van der Waals surface area contributed by atoms with Gasteiger partial charge in [-0.05, 0) is 60.1 Å². The SMILES string of the molecule is CCCCCCCOc1ccc(-c2cnc(-c3ccc(C[C@H](NC(=O)c4ccc(C(C)(C)C)s4)C(=O)N4CCC[C@H]4C(=O)NCCC(=O)O)cc3)nc2)cc1. The lowest BCUT2D eigenvalue weighted by atomic mass is 9.95. The molecule has 1 aliphatic rings. The van der Waals surface area contributed by atoms with Crippen LogP contribution in [-0.2, 0) is 26.2 Å². The summed E-state index contributed by atoms with van der Waals surface area (Å²) in [4.78, 5) is 64.0. The summed E-state index contributed by atoms with van der Waals surface area (Å²) in [6.45, 7) is 9.50. The van der Waals surface area contributed by atoms with Gasteiger partial charge in [-0.3, -0.25) is 19.2 Å². The Morgan fingerprint density at radius 3 is 2.25 bits per heavy atom. The van der Waals surface area contributed by atoms with E-state index in [4.69, 9.17) is 9.84 Å². The number of amides is 3. The zero-order valence-electron chi connectivity index (χ0n) is 32.3. The number of likely N-dealkylation sites (tertiary alicyclic amines) is 1. The number of aliphatic carboxylic acids is 1. The molecule has 0 spiro atoms. The molecule has 0 saturated carbocycles. The van der Waals surface area contributed by atoms with Crippen LogP contribution in [0.15, 0.2) is 73.1 Å². The summed E-state index contributed by atoms with van der Waals surface area (Å²) in [5.74, 6) is -0.723. The molecule has 0 radical (unpaired) electrons. The zero-order valence-corrected chi connectivity index (χ0v) is 33.1. The van der Waals surface area contributed by atoms with E-state index in [1.54, 1.807) is 18.5 Å². The molecule has 1 aliphatic heterocycles. The monoisotopic (exact) mass is 767 g/mol. The Kier molecular flexibility index (Phi) is 14.5. The quantitative estimate of drug-likeness (QED) is 0.0885. The van der Waals surface area contributed by atoms with Crippen molar-refractivity contribution in [2.24, 2.45) is 0 Å². The van der Waals surface area contributed by atoms with Crippen LogP contribution < -0.4 is 15.4 Å². The first-order chi connectivity index (χ1) is 26.4. The van der Waals surface area contributed by atoms with Gasteiger partial charge in [-0.1, -0.05) is 89.8 Å². The molecule has 292 valence electrons. The van der Waals surface area contributed by atoms with Gasteiger partial charge in [0.1, 0.15) is 17.8 Å². The summed E-state index contributed by atoms with van der Waals surface area (Å²) in [5, 5.41) is 14.6. The van der Waals surface area contributed by atoms with Crippen molar-refractivity contribution in [1.29, 1.82) is 0 Å². The highest BCUT2D eigenvalue weighted by atomic mass is 32.1. The van der Waals surface area contributed by atoms with Crippen LogP contribution in [-0.4, -0.2) is 75.4 Å². The Morgan fingerprint density at radius 2 is 1.60 bits per heavy atom. The van der Waals surface area contributed by atoms with Crippen molar-refractivity contribution in [2.75, 3.05) is 19.7 Å². The lowest BCUT2D eigenvalue weighted by Crippen LogP contribution is -2.54. The number of benzene rings is 2. The van der Waals surface area contributed by atoms with Crippen LogP contribution in [0.3, 0.4) is 0 Å². The van der Waals surface area contributed by atoms with Crippen molar-refractivity contribution in [3.63, 3.8) is 0 Å². The fourth-order valence-corrected chi connectivity index (χ4v) is 7.46. The highest BCUT2D eigenvalue weighted by Gasteiger charge is 2.38. The molecule has 3 amide bonds. The molecule has 0 aliphatic carbocycles. The van der Waals surface area contributed by atoms with Gasteiger partial charge in [-0.15, -0.1) is 11.3 Å². The predicted molar refractivity (Wildman–Crippen MR) is 215 cm³/mol. The first kappa shape index (κ1) is 41.1. The minimum Gasteiger partial charge on any atom is -0.494 e. The Bertz CT molecular complexity index is 1890. The number of hydrogen-bond donors (Lipinski definition) is 3. The lowest BCUT2D eigenvalue weighted by molar-refractivity contribution is -0.140. The molecular formula is C43H53N5O6S. The number of carbonyl (C=O) groups is 4. The van der Waals surface area contributed by atoms with Crippen molar-refractivity contribution in [3.05, 3.63) is 88.4 Å². The molecule has 12 heteroatoms. The zero-order chi connectivity index (χ0) is 39.4. The van der Waals surface area contributed by atoms with Gasteiger partial charge < -0.3 is 25.4 Å². The van der Waals surface area contributed by atoms with Gasteiger partial charge in [-0.25, -0.2) is 9.97 Å². The third-order valence-electron chi connectivity index (χ3n) is 9.66. The second kappa shape index (κ2) is 19.5. The number of nitrogens with one attached hydrogen (secondary N) is 2. The van der Waals surface area contributed by atoms with E-state index in [1.165, 1.54) is 41.9 Å². The summed E-state index contributed by atoms with van der Waals surface area (Å²) in [5.41, 5.74) is 3.36. The van der Waals surface area contributed by atoms with Crippen LogP contribution in [0, 0.1) is 0 Å². The fourth-order valence-electron chi connectivity index (χ4n) is 6.50. The van der Waals surface area contributed by atoms with Gasteiger partial charge >= 0.3 is 5.97 Å². The van der Waals surface area contributed by atoms with E-state index >= 15 is 0 Å². The fraction of sp³-hybridized carbons (Fsp3) is 0.442. The molecule has 2 aromatic carbocycles. The van der Waals surface area contributed by atoms with Gasteiger partial charge in [0.15, 0.2) is 5.82 Å². The number of rotatable bonds is 18. The Labute approximate surface area is 327 Å². The number of nitrogens with zero attached hydrogens (tertiary/aromatic N) is 3. The van der Waals surface area contributed by atoms with Crippen LogP contribution in [0.25, 0.3) is 22.5 Å². The smallest absolute Gasteiger partial charge is 0.305 e. The van der Waals surface area contributed by atoms with E-state index in [1.807, 2.05) is 54.6 Å². The number of unbranched alkanes of at least 4 members (excludes halogenated alkanes) is 4. The van der Waals surface area contributed by atoms with E-state index in [0.29, 0.717) is 36.7 Å². The van der Waals surface area contributed by atoms with E-state index in [-0.39, 0.29) is 36.6 Å². The molecule has 0 bridgehead atoms. The molecule has 3 N–H and O–H groups in total. The highest BCUT2D eigenvalue weighted by Crippen LogP contribution is 2.30. The second-order valence-electron chi connectivity index (χ2n) is 15.0. The standard InChI is InChI=1S/C43H53N5O6S/c1-5-6-7-8-9-25-54-33-18-16-30(17-19-33)32-27-45-39(46-28-32)31-14-12-29(13-15-31)26-34(47-41(52)36-20-21-37(55-36)43(2,3)4)42(53)48-24-10-11-35(48)40(51)44-23-22-38(49)50/h12-21,27-28,34-35H,5-11,22-26H2,1-4H3,(H,44,51)(H,47,52)(H,49,50)/t34-,35-/m0/s1. The molecule has 11 nitrogen and oxygen atoms in total. The number of carboxylic acids is 1. The lowest BCUT2D eigenvalue weighted by Gasteiger charge is -2.29. The second-order valence-corrected chi connectivity index (χ2v) is 16.1. The first-order valence-electron chi connectivity index (χ1n) is 19.3. The van der Waals surface area contributed by atoms with Gasteiger partial charge in [-0.2, -0.15) is 0 Å². The van der Waals surface area contributed by atoms with Gasteiger partial charge in [0.05, 0.1) is 17.9 Å². The normalized spacial score (nSPS) is 14.7. The maximum atomic E-state index is 14.1. The minimum absolute atomic E-state index is 0.0258. The van der Waals surface area contributed by atoms with E-state index in [2.05, 4.69) is 48.3 Å². The number of thiophene rings is 1. The third kappa shape index (κ3) is 11.7. The van der Waals surface area contributed by atoms with Crippen molar-refractivity contribution in [1.82, 2.24) is 25.5 Å². The molecule has 2 atom stereocenters. The van der Waals surface area contributed by atoms with Crippen LogP contribution in [0.2, 0.25) is 0 Å².